The van der Waals surface area contributed by atoms with Gasteiger partial charge in [0, 0.05) is 6.04 Å². The lowest BCUT2D eigenvalue weighted by Crippen LogP contribution is -2.19. The SMILES string of the molecule is CNC(Cc1cccc(F)c1F)c1ccc2c(c1)COC2. The summed E-state index contributed by atoms with van der Waals surface area (Å²) >= 11 is 0. The standard InChI is InChI=1S/C17H17F2NO/c1-20-16(8-12-3-2-4-15(18)17(12)19)11-5-6-13-9-21-10-14(13)7-11/h2-7,16,20H,8-10H2,1H3. The van der Waals surface area contributed by atoms with Crippen molar-refractivity contribution in [2.75, 3.05) is 7.05 Å². The summed E-state index contributed by atoms with van der Waals surface area (Å²) in [7, 11) is 1.82. The summed E-state index contributed by atoms with van der Waals surface area (Å²) in [6.07, 6.45) is 0.403. The molecule has 2 aromatic carbocycles. The van der Waals surface area contributed by atoms with E-state index in [-0.39, 0.29) is 6.04 Å². The van der Waals surface area contributed by atoms with Crippen LogP contribution in [-0.4, -0.2) is 7.05 Å². The lowest BCUT2D eigenvalue weighted by atomic mass is 9.96. The Hall–Kier alpha value is -1.78. The molecule has 0 aromatic heterocycles. The predicted octanol–water partition coefficient (Wildman–Crippen LogP) is 3.50. The number of hydrogen-bond donors (Lipinski definition) is 1. The zero-order valence-corrected chi connectivity index (χ0v) is 11.8. The monoisotopic (exact) mass is 289 g/mol. The summed E-state index contributed by atoms with van der Waals surface area (Å²) < 4.78 is 32.5. The van der Waals surface area contributed by atoms with E-state index in [2.05, 4.69) is 11.4 Å². The molecule has 0 amide bonds. The minimum Gasteiger partial charge on any atom is -0.372 e. The van der Waals surface area contributed by atoms with Crippen molar-refractivity contribution in [3.8, 4) is 0 Å². The van der Waals surface area contributed by atoms with Gasteiger partial charge >= 0.3 is 0 Å². The zero-order chi connectivity index (χ0) is 14.8. The third kappa shape index (κ3) is 2.82. The van der Waals surface area contributed by atoms with Crippen LogP contribution in [0.4, 0.5) is 8.78 Å². The second-order valence-corrected chi connectivity index (χ2v) is 5.28. The first-order valence-electron chi connectivity index (χ1n) is 6.98. The van der Waals surface area contributed by atoms with Crippen LogP contribution in [0.3, 0.4) is 0 Å². The highest BCUT2D eigenvalue weighted by molar-refractivity contribution is 5.35. The maximum absolute atomic E-state index is 13.8. The molecule has 1 unspecified atom stereocenters. The maximum Gasteiger partial charge on any atom is 0.162 e. The molecule has 1 aliphatic heterocycles. The van der Waals surface area contributed by atoms with Crippen molar-refractivity contribution in [3.05, 3.63) is 70.3 Å². The van der Waals surface area contributed by atoms with Gasteiger partial charge in [-0.25, -0.2) is 8.78 Å². The molecule has 3 rings (SSSR count). The van der Waals surface area contributed by atoms with E-state index < -0.39 is 11.6 Å². The van der Waals surface area contributed by atoms with Crippen LogP contribution in [0.1, 0.15) is 28.3 Å². The average molecular weight is 289 g/mol. The lowest BCUT2D eigenvalue weighted by molar-refractivity contribution is 0.134. The molecule has 2 nitrogen and oxygen atoms in total. The number of rotatable bonds is 4. The number of fused-ring (bicyclic) bond motifs is 1. The van der Waals surface area contributed by atoms with Crippen LogP contribution in [0.5, 0.6) is 0 Å². The Morgan fingerprint density at radius 3 is 2.76 bits per heavy atom. The fourth-order valence-corrected chi connectivity index (χ4v) is 2.72. The third-order valence-corrected chi connectivity index (χ3v) is 3.95. The summed E-state index contributed by atoms with van der Waals surface area (Å²) in [5.74, 6) is -1.56. The number of nitrogens with one attached hydrogen (secondary N) is 1. The van der Waals surface area contributed by atoms with E-state index in [0.29, 0.717) is 25.2 Å². The first-order chi connectivity index (χ1) is 10.2. The Morgan fingerprint density at radius 1 is 1.14 bits per heavy atom. The Labute approximate surface area is 122 Å². The van der Waals surface area contributed by atoms with E-state index in [9.17, 15) is 8.78 Å². The summed E-state index contributed by atoms with van der Waals surface area (Å²) in [6, 6.07) is 10.4. The van der Waals surface area contributed by atoms with E-state index in [0.717, 1.165) is 11.6 Å². The number of benzene rings is 2. The Kier molecular flexibility index (Phi) is 3.99. The largest absolute Gasteiger partial charge is 0.372 e. The van der Waals surface area contributed by atoms with Crippen LogP contribution in [0.2, 0.25) is 0 Å². The van der Waals surface area contributed by atoms with Gasteiger partial charge in [-0.1, -0.05) is 30.3 Å². The van der Waals surface area contributed by atoms with Crippen molar-refractivity contribution in [2.45, 2.75) is 25.7 Å². The maximum atomic E-state index is 13.8. The van der Waals surface area contributed by atoms with E-state index in [1.54, 1.807) is 6.07 Å². The molecule has 0 spiro atoms. The van der Waals surface area contributed by atoms with E-state index in [4.69, 9.17) is 4.74 Å². The van der Waals surface area contributed by atoms with Crippen molar-refractivity contribution in [1.82, 2.24) is 5.32 Å². The third-order valence-electron chi connectivity index (χ3n) is 3.95. The van der Waals surface area contributed by atoms with Crippen molar-refractivity contribution >= 4 is 0 Å². The molecule has 0 bridgehead atoms. The van der Waals surface area contributed by atoms with Crippen LogP contribution < -0.4 is 5.32 Å². The van der Waals surface area contributed by atoms with Gasteiger partial charge in [0.15, 0.2) is 11.6 Å². The quantitative estimate of drug-likeness (QED) is 0.930. The number of halogens is 2. The van der Waals surface area contributed by atoms with Gasteiger partial charge in [0.25, 0.3) is 0 Å². The number of likely N-dealkylation sites (N-methyl/N-ethyl adjacent to an activating group) is 1. The molecule has 4 heteroatoms. The average Bonchev–Trinajstić information content (AvgIpc) is 2.96. The van der Waals surface area contributed by atoms with Gasteiger partial charge in [-0.15, -0.1) is 0 Å². The molecule has 0 radical (unpaired) electrons. The second-order valence-electron chi connectivity index (χ2n) is 5.28. The van der Waals surface area contributed by atoms with Gasteiger partial charge in [-0.05, 0) is 41.8 Å². The van der Waals surface area contributed by atoms with Gasteiger partial charge in [-0.3, -0.25) is 0 Å². The fourth-order valence-electron chi connectivity index (χ4n) is 2.72. The molecule has 2 aromatic rings. The minimum absolute atomic E-state index is 0.0628. The molecule has 1 heterocycles. The highest BCUT2D eigenvalue weighted by Crippen LogP contribution is 2.26. The van der Waals surface area contributed by atoms with Crippen LogP contribution in [0, 0.1) is 11.6 Å². The van der Waals surface area contributed by atoms with Crippen LogP contribution in [0.15, 0.2) is 36.4 Å². The summed E-state index contributed by atoms with van der Waals surface area (Å²) in [6.45, 7) is 1.27. The molecule has 0 saturated heterocycles. The normalized spacial score (nSPS) is 15.0. The molecule has 21 heavy (non-hydrogen) atoms. The number of ether oxygens (including phenoxy) is 1. The van der Waals surface area contributed by atoms with Crippen molar-refractivity contribution in [3.63, 3.8) is 0 Å². The van der Waals surface area contributed by atoms with E-state index in [1.165, 1.54) is 17.2 Å². The molecular formula is C17H17F2NO. The summed E-state index contributed by atoms with van der Waals surface area (Å²) in [5, 5.41) is 3.17. The minimum atomic E-state index is -0.801. The molecule has 0 fully saturated rings. The Morgan fingerprint density at radius 2 is 1.95 bits per heavy atom. The zero-order valence-electron chi connectivity index (χ0n) is 11.8. The molecule has 1 aliphatic rings. The first-order valence-corrected chi connectivity index (χ1v) is 6.98. The lowest BCUT2D eigenvalue weighted by Gasteiger charge is -2.18. The Bertz CT molecular complexity index is 657. The van der Waals surface area contributed by atoms with Crippen molar-refractivity contribution in [2.24, 2.45) is 0 Å². The molecular weight excluding hydrogens is 272 g/mol. The highest BCUT2D eigenvalue weighted by atomic mass is 19.2. The van der Waals surface area contributed by atoms with E-state index >= 15 is 0 Å². The van der Waals surface area contributed by atoms with Crippen molar-refractivity contribution < 1.29 is 13.5 Å². The molecule has 0 aliphatic carbocycles. The first kappa shape index (κ1) is 14.2. The Balaban J connectivity index is 1.87. The van der Waals surface area contributed by atoms with Gasteiger partial charge in [-0.2, -0.15) is 0 Å². The molecule has 1 N–H and O–H groups in total. The van der Waals surface area contributed by atoms with Crippen LogP contribution >= 0.6 is 0 Å². The van der Waals surface area contributed by atoms with Crippen LogP contribution in [0.25, 0.3) is 0 Å². The summed E-state index contributed by atoms with van der Waals surface area (Å²) in [4.78, 5) is 0. The van der Waals surface area contributed by atoms with Gasteiger partial charge in [0.2, 0.25) is 0 Å². The fraction of sp³-hybridized carbons (Fsp3) is 0.294. The summed E-state index contributed by atoms with van der Waals surface area (Å²) in [5.41, 5.74) is 3.81. The smallest absolute Gasteiger partial charge is 0.162 e. The molecule has 1 atom stereocenters. The molecule has 110 valence electrons. The second kappa shape index (κ2) is 5.92. The topological polar surface area (TPSA) is 21.3 Å². The van der Waals surface area contributed by atoms with Gasteiger partial charge in [0.05, 0.1) is 13.2 Å². The van der Waals surface area contributed by atoms with E-state index in [1.807, 2.05) is 19.2 Å². The number of hydrogen-bond acceptors (Lipinski definition) is 2. The van der Waals surface area contributed by atoms with Crippen molar-refractivity contribution in [1.29, 1.82) is 0 Å². The van der Waals surface area contributed by atoms with Crippen LogP contribution in [-0.2, 0) is 24.4 Å². The predicted molar refractivity (Wildman–Crippen MR) is 76.8 cm³/mol. The van der Waals surface area contributed by atoms with Gasteiger partial charge in [0.1, 0.15) is 0 Å². The van der Waals surface area contributed by atoms with Gasteiger partial charge < -0.3 is 10.1 Å². The molecule has 0 saturated carbocycles. The highest BCUT2D eigenvalue weighted by Gasteiger charge is 2.18.